The zero-order valence-corrected chi connectivity index (χ0v) is 15.2. The summed E-state index contributed by atoms with van der Waals surface area (Å²) < 4.78 is 11.0. The van der Waals surface area contributed by atoms with Crippen molar-refractivity contribution in [2.75, 3.05) is 12.4 Å². The number of ether oxygens (including phenoxy) is 2. The van der Waals surface area contributed by atoms with E-state index in [2.05, 4.69) is 5.32 Å². The second kappa shape index (κ2) is 8.27. The minimum Gasteiger partial charge on any atom is -0.507 e. The first-order valence-electron chi connectivity index (χ1n) is 8.52. The van der Waals surface area contributed by atoms with Crippen LogP contribution in [-0.4, -0.2) is 18.1 Å². The smallest absolute Gasteiger partial charge is 0.221 e. The highest BCUT2D eigenvalue weighted by atomic mass is 16.5. The molecule has 0 aliphatic carbocycles. The Labute approximate surface area is 158 Å². The lowest BCUT2D eigenvalue weighted by Gasteiger charge is -2.13. The first-order valence-corrected chi connectivity index (χ1v) is 8.52. The van der Waals surface area contributed by atoms with Crippen LogP contribution in [0.3, 0.4) is 0 Å². The minimum atomic E-state index is -0.200. The topological polar surface area (TPSA) is 67.8 Å². The third-order valence-corrected chi connectivity index (χ3v) is 4.04. The second-order valence-electron chi connectivity index (χ2n) is 6.05. The maximum atomic E-state index is 11.5. The third-order valence-electron chi connectivity index (χ3n) is 4.04. The Morgan fingerprint density at radius 1 is 1.00 bits per heavy atom. The molecule has 2 N–H and O–H groups in total. The van der Waals surface area contributed by atoms with Crippen molar-refractivity contribution < 1.29 is 19.4 Å². The summed E-state index contributed by atoms with van der Waals surface area (Å²) in [5.74, 6) is 1.36. The van der Waals surface area contributed by atoms with Crippen LogP contribution in [0.4, 0.5) is 5.69 Å². The van der Waals surface area contributed by atoms with Gasteiger partial charge in [0.2, 0.25) is 5.91 Å². The Morgan fingerprint density at radius 3 is 2.44 bits per heavy atom. The van der Waals surface area contributed by atoms with E-state index in [1.54, 1.807) is 25.3 Å². The second-order valence-corrected chi connectivity index (χ2v) is 6.05. The fourth-order valence-electron chi connectivity index (χ4n) is 2.77. The van der Waals surface area contributed by atoms with E-state index in [9.17, 15) is 9.90 Å². The van der Waals surface area contributed by atoms with E-state index in [1.807, 2.05) is 48.5 Å². The Kier molecular flexibility index (Phi) is 5.61. The number of hydrogen-bond acceptors (Lipinski definition) is 4. The van der Waals surface area contributed by atoms with Crippen LogP contribution in [0.2, 0.25) is 0 Å². The average Bonchev–Trinajstić information content (AvgIpc) is 2.67. The monoisotopic (exact) mass is 363 g/mol. The van der Waals surface area contributed by atoms with Crippen LogP contribution < -0.4 is 14.8 Å². The molecule has 3 rings (SSSR count). The summed E-state index contributed by atoms with van der Waals surface area (Å²) >= 11 is 0. The van der Waals surface area contributed by atoms with Gasteiger partial charge in [0.25, 0.3) is 0 Å². The number of hydrogen-bond donors (Lipinski definition) is 2. The van der Waals surface area contributed by atoms with Crippen LogP contribution in [0.25, 0.3) is 11.1 Å². The van der Waals surface area contributed by atoms with E-state index >= 15 is 0 Å². The van der Waals surface area contributed by atoms with Crippen molar-refractivity contribution in [3.8, 4) is 28.4 Å². The molecule has 0 saturated heterocycles. The van der Waals surface area contributed by atoms with Gasteiger partial charge in [0.1, 0.15) is 23.9 Å². The van der Waals surface area contributed by atoms with Crippen molar-refractivity contribution in [2.45, 2.75) is 13.5 Å². The fourth-order valence-corrected chi connectivity index (χ4v) is 2.77. The lowest BCUT2D eigenvalue weighted by molar-refractivity contribution is -0.114. The highest BCUT2D eigenvalue weighted by Gasteiger charge is 2.12. The zero-order valence-electron chi connectivity index (χ0n) is 15.2. The molecule has 0 aliphatic rings. The molecule has 5 heteroatoms. The Balaban J connectivity index is 1.82. The summed E-state index contributed by atoms with van der Waals surface area (Å²) in [5, 5.41) is 13.1. The lowest BCUT2D eigenvalue weighted by atomic mass is 10.0. The normalized spacial score (nSPS) is 10.3. The molecule has 3 aromatic rings. The number of benzene rings is 3. The molecule has 0 fully saturated rings. The molecular formula is C22H21NO4. The summed E-state index contributed by atoms with van der Waals surface area (Å²) in [6, 6.07) is 20.1. The van der Waals surface area contributed by atoms with Gasteiger partial charge >= 0.3 is 0 Å². The number of anilines is 1. The van der Waals surface area contributed by atoms with E-state index in [0.29, 0.717) is 23.6 Å². The molecule has 0 saturated carbocycles. The van der Waals surface area contributed by atoms with Crippen LogP contribution in [0, 0.1) is 0 Å². The van der Waals surface area contributed by atoms with Gasteiger partial charge in [-0.25, -0.2) is 0 Å². The van der Waals surface area contributed by atoms with Crippen LogP contribution >= 0.6 is 0 Å². The minimum absolute atomic E-state index is 0.0913. The summed E-state index contributed by atoms with van der Waals surface area (Å²) in [6.07, 6.45) is 0. The highest BCUT2D eigenvalue weighted by Crippen LogP contribution is 2.37. The molecule has 0 heterocycles. The summed E-state index contributed by atoms with van der Waals surface area (Å²) in [4.78, 5) is 11.5. The predicted molar refractivity (Wildman–Crippen MR) is 105 cm³/mol. The van der Waals surface area contributed by atoms with E-state index in [4.69, 9.17) is 9.47 Å². The molecule has 0 unspecified atom stereocenters. The van der Waals surface area contributed by atoms with Crippen LogP contribution in [0.15, 0.2) is 66.7 Å². The SMILES string of the molecule is COc1ccc(COc2cccc(-c3c(O)cccc3NC(C)=O)c2)cc1. The van der Waals surface area contributed by atoms with E-state index < -0.39 is 0 Å². The largest absolute Gasteiger partial charge is 0.507 e. The quantitative estimate of drug-likeness (QED) is 0.671. The Morgan fingerprint density at radius 2 is 1.74 bits per heavy atom. The molecule has 138 valence electrons. The van der Waals surface area contributed by atoms with Gasteiger partial charge in [-0.05, 0) is 47.5 Å². The maximum absolute atomic E-state index is 11.5. The third kappa shape index (κ3) is 4.58. The molecular weight excluding hydrogens is 342 g/mol. The maximum Gasteiger partial charge on any atom is 0.221 e. The van der Waals surface area contributed by atoms with Gasteiger partial charge in [0.15, 0.2) is 0 Å². The van der Waals surface area contributed by atoms with Crippen molar-refractivity contribution in [3.63, 3.8) is 0 Å². The number of carbonyl (C=O) groups is 1. The molecule has 5 nitrogen and oxygen atoms in total. The number of methoxy groups -OCH3 is 1. The van der Waals surface area contributed by atoms with Gasteiger partial charge in [-0.3, -0.25) is 4.79 Å². The lowest BCUT2D eigenvalue weighted by Crippen LogP contribution is -2.07. The zero-order chi connectivity index (χ0) is 19.2. The van der Waals surface area contributed by atoms with Crippen LogP contribution in [0.5, 0.6) is 17.2 Å². The van der Waals surface area contributed by atoms with Crippen molar-refractivity contribution in [1.82, 2.24) is 0 Å². The Hall–Kier alpha value is -3.47. The van der Waals surface area contributed by atoms with Crippen molar-refractivity contribution in [3.05, 3.63) is 72.3 Å². The summed E-state index contributed by atoms with van der Waals surface area (Å²) in [7, 11) is 1.63. The van der Waals surface area contributed by atoms with Crippen LogP contribution in [0.1, 0.15) is 12.5 Å². The molecule has 0 aliphatic heterocycles. The van der Waals surface area contributed by atoms with Crippen molar-refractivity contribution in [2.24, 2.45) is 0 Å². The molecule has 0 radical (unpaired) electrons. The average molecular weight is 363 g/mol. The van der Waals surface area contributed by atoms with Gasteiger partial charge in [0, 0.05) is 12.5 Å². The number of phenols is 1. The van der Waals surface area contributed by atoms with E-state index in [0.717, 1.165) is 16.9 Å². The summed E-state index contributed by atoms with van der Waals surface area (Å²) in [6.45, 7) is 1.84. The molecule has 1 amide bonds. The number of aromatic hydroxyl groups is 1. The molecule has 0 aromatic heterocycles. The number of carbonyl (C=O) groups excluding carboxylic acids is 1. The molecule has 0 spiro atoms. The number of nitrogens with one attached hydrogen (secondary N) is 1. The van der Waals surface area contributed by atoms with Crippen molar-refractivity contribution in [1.29, 1.82) is 0 Å². The van der Waals surface area contributed by atoms with Gasteiger partial charge in [-0.1, -0.05) is 30.3 Å². The Bertz CT molecular complexity index is 935. The van der Waals surface area contributed by atoms with E-state index in [1.165, 1.54) is 6.92 Å². The van der Waals surface area contributed by atoms with Gasteiger partial charge < -0.3 is 19.9 Å². The molecule has 0 atom stereocenters. The molecule has 3 aromatic carbocycles. The molecule has 0 bridgehead atoms. The number of amides is 1. The predicted octanol–water partition coefficient (Wildman–Crippen LogP) is 4.61. The van der Waals surface area contributed by atoms with E-state index in [-0.39, 0.29) is 11.7 Å². The highest BCUT2D eigenvalue weighted by molar-refractivity contribution is 5.95. The van der Waals surface area contributed by atoms with Gasteiger partial charge in [-0.15, -0.1) is 0 Å². The van der Waals surface area contributed by atoms with Crippen LogP contribution in [-0.2, 0) is 11.4 Å². The fraction of sp³-hybridized carbons (Fsp3) is 0.136. The number of rotatable bonds is 6. The van der Waals surface area contributed by atoms with Crippen molar-refractivity contribution >= 4 is 11.6 Å². The number of phenolic OH excluding ortho intramolecular Hbond substituents is 1. The summed E-state index contributed by atoms with van der Waals surface area (Å²) in [5.41, 5.74) is 2.88. The molecule has 27 heavy (non-hydrogen) atoms. The first kappa shape index (κ1) is 18.3. The van der Waals surface area contributed by atoms with Gasteiger partial charge in [-0.2, -0.15) is 0 Å². The first-order chi connectivity index (χ1) is 13.1. The standard InChI is InChI=1S/C22H21NO4/c1-15(24)23-20-7-4-8-21(25)22(20)17-5-3-6-19(13-17)27-14-16-9-11-18(26-2)12-10-16/h3-13,25H,14H2,1-2H3,(H,23,24). The van der Waals surface area contributed by atoms with Gasteiger partial charge in [0.05, 0.1) is 12.8 Å².